The molecule has 1 aliphatic rings. The van der Waals surface area contributed by atoms with Crippen LogP contribution in [-0.2, 0) is 14.8 Å². The highest BCUT2D eigenvalue weighted by molar-refractivity contribution is 7.89. The normalized spacial score (nSPS) is 15.8. The first-order valence-electron chi connectivity index (χ1n) is 8.91. The summed E-state index contributed by atoms with van der Waals surface area (Å²) in [7, 11) is -0.570. The summed E-state index contributed by atoms with van der Waals surface area (Å²) in [4.78, 5) is 26.1. The van der Waals surface area contributed by atoms with E-state index in [0.29, 0.717) is 31.5 Å². The maximum absolute atomic E-state index is 12.2. The summed E-state index contributed by atoms with van der Waals surface area (Å²) in [5, 5.41) is 2.81. The van der Waals surface area contributed by atoms with Gasteiger partial charge in [-0.15, -0.1) is 0 Å². The third-order valence-electron chi connectivity index (χ3n) is 4.46. The lowest BCUT2D eigenvalue weighted by atomic mass is 10.2. The van der Waals surface area contributed by atoms with Crippen LogP contribution in [0.25, 0.3) is 0 Å². The molecule has 1 fully saturated rings. The minimum atomic E-state index is -3.50. The van der Waals surface area contributed by atoms with Crippen molar-refractivity contribution in [1.29, 1.82) is 0 Å². The zero-order valence-electron chi connectivity index (χ0n) is 15.4. The molecule has 26 heavy (non-hydrogen) atoms. The molecule has 7 nitrogen and oxygen atoms in total. The van der Waals surface area contributed by atoms with Crippen molar-refractivity contribution in [3.05, 3.63) is 29.8 Å². The average Bonchev–Trinajstić information content (AvgIpc) is 2.82. The molecule has 1 aliphatic heterocycles. The topological polar surface area (TPSA) is 86.8 Å². The van der Waals surface area contributed by atoms with Crippen LogP contribution in [0.2, 0.25) is 0 Å². The summed E-state index contributed by atoms with van der Waals surface area (Å²) >= 11 is 0. The van der Waals surface area contributed by atoms with Gasteiger partial charge in [0.15, 0.2) is 0 Å². The SMILES string of the molecule is CN(C)S(=O)(=O)c1ccc(C(=O)NCCCN2CCCCCC2=O)cc1. The van der Waals surface area contributed by atoms with E-state index < -0.39 is 10.0 Å². The predicted molar refractivity (Wildman–Crippen MR) is 99.3 cm³/mol. The first-order chi connectivity index (χ1) is 12.3. The van der Waals surface area contributed by atoms with Gasteiger partial charge in [-0.1, -0.05) is 6.42 Å². The van der Waals surface area contributed by atoms with E-state index in [0.717, 1.165) is 30.1 Å². The van der Waals surface area contributed by atoms with Gasteiger partial charge in [0.25, 0.3) is 5.91 Å². The minimum Gasteiger partial charge on any atom is -0.352 e. The van der Waals surface area contributed by atoms with E-state index >= 15 is 0 Å². The van der Waals surface area contributed by atoms with Crippen LogP contribution in [0.1, 0.15) is 42.5 Å². The Morgan fingerprint density at radius 3 is 2.50 bits per heavy atom. The number of hydrogen-bond donors (Lipinski definition) is 1. The lowest BCUT2D eigenvalue weighted by Gasteiger charge is -2.20. The first-order valence-corrected chi connectivity index (χ1v) is 10.3. The summed E-state index contributed by atoms with van der Waals surface area (Å²) in [5.41, 5.74) is 0.411. The molecular formula is C18H27N3O4S. The number of likely N-dealkylation sites (tertiary alicyclic amines) is 1. The van der Waals surface area contributed by atoms with Crippen LogP contribution in [0.4, 0.5) is 0 Å². The fourth-order valence-electron chi connectivity index (χ4n) is 2.84. The van der Waals surface area contributed by atoms with Crippen molar-refractivity contribution in [3.8, 4) is 0 Å². The average molecular weight is 381 g/mol. The molecule has 0 aromatic heterocycles. The number of rotatable bonds is 7. The van der Waals surface area contributed by atoms with Crippen LogP contribution in [0.5, 0.6) is 0 Å². The van der Waals surface area contributed by atoms with Crippen LogP contribution in [-0.4, -0.2) is 63.2 Å². The third kappa shape index (κ3) is 5.28. The summed E-state index contributed by atoms with van der Waals surface area (Å²) in [6.45, 7) is 1.92. The van der Waals surface area contributed by atoms with E-state index in [1.165, 1.54) is 38.4 Å². The van der Waals surface area contributed by atoms with Crippen LogP contribution >= 0.6 is 0 Å². The van der Waals surface area contributed by atoms with E-state index in [-0.39, 0.29) is 16.7 Å². The molecule has 0 aliphatic carbocycles. The van der Waals surface area contributed by atoms with Gasteiger partial charge in [-0.25, -0.2) is 12.7 Å². The Kier molecular flexibility index (Phi) is 7.16. The van der Waals surface area contributed by atoms with Gasteiger partial charge in [-0.05, 0) is 43.5 Å². The molecule has 0 saturated carbocycles. The molecule has 2 rings (SSSR count). The Bertz CT molecular complexity index is 729. The number of amides is 2. The number of nitrogens with zero attached hydrogens (tertiary/aromatic N) is 2. The van der Waals surface area contributed by atoms with Crippen molar-refractivity contribution in [1.82, 2.24) is 14.5 Å². The molecular weight excluding hydrogens is 354 g/mol. The monoisotopic (exact) mass is 381 g/mol. The van der Waals surface area contributed by atoms with E-state index in [1.54, 1.807) is 0 Å². The fourth-order valence-corrected chi connectivity index (χ4v) is 3.74. The maximum atomic E-state index is 12.2. The highest BCUT2D eigenvalue weighted by Gasteiger charge is 2.18. The molecule has 1 aromatic carbocycles. The summed E-state index contributed by atoms with van der Waals surface area (Å²) in [5.74, 6) is -0.0486. The van der Waals surface area contributed by atoms with Gasteiger partial charge in [0, 0.05) is 45.7 Å². The second kappa shape index (κ2) is 9.14. The zero-order valence-corrected chi connectivity index (χ0v) is 16.2. The molecule has 144 valence electrons. The van der Waals surface area contributed by atoms with Crippen LogP contribution in [0.3, 0.4) is 0 Å². The van der Waals surface area contributed by atoms with Gasteiger partial charge in [-0.3, -0.25) is 9.59 Å². The summed E-state index contributed by atoms with van der Waals surface area (Å²) < 4.78 is 25.2. The third-order valence-corrected chi connectivity index (χ3v) is 6.29. The van der Waals surface area contributed by atoms with Crippen molar-refractivity contribution in [3.63, 3.8) is 0 Å². The van der Waals surface area contributed by atoms with Gasteiger partial charge < -0.3 is 10.2 Å². The van der Waals surface area contributed by atoms with Crippen molar-refractivity contribution >= 4 is 21.8 Å². The lowest BCUT2D eigenvalue weighted by Crippen LogP contribution is -2.34. The Balaban J connectivity index is 1.82. The predicted octanol–water partition coefficient (Wildman–Crippen LogP) is 1.46. The lowest BCUT2D eigenvalue weighted by molar-refractivity contribution is -0.130. The van der Waals surface area contributed by atoms with Gasteiger partial charge in [0.1, 0.15) is 0 Å². The Hall–Kier alpha value is -1.93. The zero-order chi connectivity index (χ0) is 19.2. The highest BCUT2D eigenvalue weighted by atomic mass is 32.2. The van der Waals surface area contributed by atoms with Gasteiger partial charge >= 0.3 is 0 Å². The van der Waals surface area contributed by atoms with E-state index in [2.05, 4.69) is 5.32 Å². The smallest absolute Gasteiger partial charge is 0.251 e. The Labute approximate surface area is 155 Å². The molecule has 0 spiro atoms. The van der Waals surface area contributed by atoms with Crippen molar-refractivity contribution < 1.29 is 18.0 Å². The van der Waals surface area contributed by atoms with E-state index in [4.69, 9.17) is 0 Å². The molecule has 1 heterocycles. The number of nitrogens with one attached hydrogen (secondary N) is 1. The van der Waals surface area contributed by atoms with E-state index in [1.807, 2.05) is 4.90 Å². The van der Waals surface area contributed by atoms with Crippen molar-refractivity contribution in [2.45, 2.75) is 37.0 Å². The molecule has 0 radical (unpaired) electrons. The highest BCUT2D eigenvalue weighted by Crippen LogP contribution is 2.14. The molecule has 0 bridgehead atoms. The molecule has 0 unspecified atom stereocenters. The molecule has 2 amide bonds. The number of hydrogen-bond acceptors (Lipinski definition) is 4. The first kappa shape index (κ1) is 20.4. The van der Waals surface area contributed by atoms with E-state index in [9.17, 15) is 18.0 Å². The standard InChI is InChI=1S/C18H27N3O4S/c1-20(2)26(24,25)16-10-8-15(9-11-16)18(23)19-12-6-14-21-13-5-3-4-7-17(21)22/h8-11H,3-7,12-14H2,1-2H3,(H,19,23). The molecule has 1 N–H and O–H groups in total. The summed E-state index contributed by atoms with van der Waals surface area (Å²) in [6, 6.07) is 5.87. The molecule has 1 saturated heterocycles. The van der Waals surface area contributed by atoms with Gasteiger partial charge in [0.05, 0.1) is 4.90 Å². The minimum absolute atomic E-state index is 0.152. The number of sulfonamides is 1. The number of carbonyl (C=O) groups excluding carboxylic acids is 2. The molecule has 8 heteroatoms. The number of benzene rings is 1. The largest absolute Gasteiger partial charge is 0.352 e. The fraction of sp³-hybridized carbons (Fsp3) is 0.556. The Morgan fingerprint density at radius 2 is 1.85 bits per heavy atom. The Morgan fingerprint density at radius 1 is 1.15 bits per heavy atom. The van der Waals surface area contributed by atoms with Gasteiger partial charge in [0.2, 0.25) is 15.9 Å². The maximum Gasteiger partial charge on any atom is 0.251 e. The molecule has 0 atom stereocenters. The summed E-state index contributed by atoms with van der Waals surface area (Å²) in [6.07, 6.45) is 4.42. The second-order valence-electron chi connectivity index (χ2n) is 6.61. The van der Waals surface area contributed by atoms with Crippen molar-refractivity contribution in [2.24, 2.45) is 0 Å². The van der Waals surface area contributed by atoms with Crippen molar-refractivity contribution in [2.75, 3.05) is 33.7 Å². The molecule has 1 aromatic rings. The van der Waals surface area contributed by atoms with Crippen LogP contribution in [0, 0.1) is 0 Å². The van der Waals surface area contributed by atoms with Gasteiger partial charge in [-0.2, -0.15) is 0 Å². The van der Waals surface area contributed by atoms with Crippen LogP contribution < -0.4 is 5.32 Å². The number of carbonyl (C=O) groups is 2. The van der Waals surface area contributed by atoms with Crippen LogP contribution in [0.15, 0.2) is 29.2 Å². The quantitative estimate of drug-likeness (QED) is 0.725. The second-order valence-corrected chi connectivity index (χ2v) is 8.76.